The van der Waals surface area contributed by atoms with Gasteiger partial charge in [0, 0.05) is 6.54 Å². The Morgan fingerprint density at radius 3 is 2.68 bits per heavy atom. The second-order valence-electron chi connectivity index (χ2n) is 4.67. The van der Waals surface area contributed by atoms with Crippen molar-refractivity contribution in [2.45, 2.75) is 29.3 Å². The van der Waals surface area contributed by atoms with Gasteiger partial charge in [-0.2, -0.15) is 17.5 Å². The van der Waals surface area contributed by atoms with E-state index in [0.29, 0.717) is 10.2 Å². The molecule has 5 nitrogen and oxygen atoms in total. The van der Waals surface area contributed by atoms with Gasteiger partial charge >= 0.3 is 6.18 Å². The maximum atomic E-state index is 12.5. The molecule has 1 aliphatic heterocycles. The third-order valence-electron chi connectivity index (χ3n) is 3.08. The zero-order chi connectivity index (χ0) is 16.5. The molecule has 1 fully saturated rings. The summed E-state index contributed by atoms with van der Waals surface area (Å²) in [7, 11) is -3.89. The van der Waals surface area contributed by atoms with Crippen LogP contribution in [0.5, 0.6) is 0 Å². The summed E-state index contributed by atoms with van der Waals surface area (Å²) >= 11 is 4.14. The van der Waals surface area contributed by atoms with Crippen LogP contribution in [0.3, 0.4) is 0 Å². The van der Waals surface area contributed by atoms with E-state index in [9.17, 15) is 26.4 Å². The van der Waals surface area contributed by atoms with Crippen molar-refractivity contribution in [1.82, 2.24) is 9.62 Å². The van der Waals surface area contributed by atoms with E-state index in [1.807, 2.05) is 0 Å². The van der Waals surface area contributed by atoms with Crippen molar-refractivity contribution in [3.8, 4) is 0 Å². The SMILES string of the molecule is O=C(NCC(F)(F)F)C1CCCN1S(=O)(=O)c1ccc(Br)s1. The van der Waals surface area contributed by atoms with Gasteiger partial charge in [-0.25, -0.2) is 8.42 Å². The molecular formula is C11H12BrF3N2O3S2. The number of carbonyl (C=O) groups excluding carboxylic acids is 1. The minimum absolute atomic E-state index is 0.0508. The van der Waals surface area contributed by atoms with Gasteiger partial charge in [-0.3, -0.25) is 4.79 Å². The quantitative estimate of drug-likeness (QED) is 0.812. The van der Waals surface area contributed by atoms with Gasteiger partial charge in [0.1, 0.15) is 16.8 Å². The van der Waals surface area contributed by atoms with Crippen LogP contribution in [-0.4, -0.2) is 43.9 Å². The summed E-state index contributed by atoms with van der Waals surface area (Å²) < 4.78 is 63.0. The van der Waals surface area contributed by atoms with Gasteiger partial charge < -0.3 is 5.32 Å². The fraction of sp³-hybridized carbons (Fsp3) is 0.545. The van der Waals surface area contributed by atoms with Crippen LogP contribution in [0, 0.1) is 0 Å². The highest BCUT2D eigenvalue weighted by atomic mass is 79.9. The van der Waals surface area contributed by atoms with Gasteiger partial charge in [-0.1, -0.05) is 0 Å². The highest BCUT2D eigenvalue weighted by molar-refractivity contribution is 9.11. The first kappa shape index (κ1) is 17.7. The van der Waals surface area contributed by atoms with Crippen LogP contribution in [0.2, 0.25) is 0 Å². The molecule has 11 heteroatoms. The Labute approximate surface area is 137 Å². The maximum absolute atomic E-state index is 12.5. The summed E-state index contributed by atoms with van der Waals surface area (Å²) in [4.78, 5) is 11.9. The Morgan fingerprint density at radius 1 is 1.45 bits per heavy atom. The van der Waals surface area contributed by atoms with Crippen LogP contribution in [0.1, 0.15) is 12.8 Å². The molecule has 2 heterocycles. The number of carbonyl (C=O) groups is 1. The van der Waals surface area contributed by atoms with E-state index >= 15 is 0 Å². The van der Waals surface area contributed by atoms with Crippen molar-refractivity contribution in [1.29, 1.82) is 0 Å². The third kappa shape index (κ3) is 4.00. The molecule has 1 atom stereocenters. The van der Waals surface area contributed by atoms with Crippen molar-refractivity contribution < 1.29 is 26.4 Å². The van der Waals surface area contributed by atoms with Gasteiger partial charge in [0.15, 0.2) is 0 Å². The maximum Gasteiger partial charge on any atom is 0.405 e. The summed E-state index contributed by atoms with van der Waals surface area (Å²) in [5, 5.41) is 1.75. The molecule has 0 bridgehead atoms. The van der Waals surface area contributed by atoms with Crippen molar-refractivity contribution >= 4 is 43.2 Å². The number of nitrogens with one attached hydrogen (secondary N) is 1. The van der Waals surface area contributed by atoms with Gasteiger partial charge in [0.25, 0.3) is 10.0 Å². The number of nitrogens with zero attached hydrogens (tertiary/aromatic N) is 1. The van der Waals surface area contributed by atoms with Crippen molar-refractivity contribution in [3.05, 3.63) is 15.9 Å². The van der Waals surface area contributed by atoms with Gasteiger partial charge in [0.2, 0.25) is 5.91 Å². The highest BCUT2D eigenvalue weighted by Crippen LogP contribution is 2.32. The molecule has 0 saturated carbocycles. The molecule has 124 valence electrons. The van der Waals surface area contributed by atoms with Crippen molar-refractivity contribution in [2.75, 3.05) is 13.1 Å². The number of hydrogen-bond acceptors (Lipinski definition) is 4. The van der Waals surface area contributed by atoms with E-state index in [1.165, 1.54) is 6.07 Å². The van der Waals surface area contributed by atoms with E-state index in [4.69, 9.17) is 0 Å². The number of rotatable bonds is 4. The number of amides is 1. The standard InChI is InChI=1S/C11H12BrF3N2O3S2/c12-8-3-4-9(21-8)22(19,20)17-5-1-2-7(17)10(18)16-6-11(13,14)15/h3-4,7H,1-2,5-6H2,(H,16,18). The average molecular weight is 421 g/mol. The minimum Gasteiger partial charge on any atom is -0.346 e. The molecule has 22 heavy (non-hydrogen) atoms. The van der Waals surface area contributed by atoms with Crippen LogP contribution in [0.4, 0.5) is 13.2 Å². The Bertz CT molecular complexity index is 660. The molecule has 0 radical (unpaired) electrons. The molecule has 1 aromatic heterocycles. The molecule has 0 aliphatic carbocycles. The van der Waals surface area contributed by atoms with Gasteiger partial charge in [-0.05, 0) is 40.9 Å². The lowest BCUT2D eigenvalue weighted by Gasteiger charge is -2.22. The molecule has 1 aromatic rings. The molecule has 1 aliphatic rings. The van der Waals surface area contributed by atoms with Crippen LogP contribution >= 0.6 is 27.3 Å². The second-order valence-corrected chi connectivity index (χ2v) is 9.25. The van der Waals surface area contributed by atoms with E-state index in [-0.39, 0.29) is 17.2 Å². The number of sulfonamides is 1. The summed E-state index contributed by atoms with van der Waals surface area (Å²) in [5.74, 6) is -0.922. The first-order valence-electron chi connectivity index (χ1n) is 6.23. The molecule has 0 spiro atoms. The Morgan fingerprint density at radius 2 is 2.14 bits per heavy atom. The highest BCUT2D eigenvalue weighted by Gasteiger charge is 2.41. The normalized spacial score (nSPS) is 20.3. The Hall–Kier alpha value is -0.650. The largest absolute Gasteiger partial charge is 0.405 e. The first-order valence-corrected chi connectivity index (χ1v) is 9.28. The zero-order valence-electron chi connectivity index (χ0n) is 11.1. The number of hydrogen-bond donors (Lipinski definition) is 1. The van der Waals surface area contributed by atoms with E-state index in [1.54, 1.807) is 11.4 Å². The topological polar surface area (TPSA) is 66.5 Å². The molecular weight excluding hydrogens is 409 g/mol. The van der Waals surface area contributed by atoms with E-state index in [0.717, 1.165) is 15.6 Å². The molecule has 1 saturated heterocycles. The fourth-order valence-corrected chi connectivity index (χ4v) is 5.94. The predicted molar refractivity (Wildman–Crippen MR) is 78.0 cm³/mol. The lowest BCUT2D eigenvalue weighted by atomic mass is 10.2. The summed E-state index contributed by atoms with van der Waals surface area (Å²) in [6.07, 6.45) is -3.90. The van der Waals surface area contributed by atoms with Gasteiger partial charge in [-0.15, -0.1) is 11.3 Å². The number of halogens is 4. The number of thiophene rings is 1. The first-order chi connectivity index (χ1) is 10.1. The van der Waals surface area contributed by atoms with Crippen LogP contribution in [0.25, 0.3) is 0 Å². The van der Waals surface area contributed by atoms with Gasteiger partial charge in [0.05, 0.1) is 3.79 Å². The van der Waals surface area contributed by atoms with Crippen LogP contribution in [-0.2, 0) is 14.8 Å². The second kappa shape index (κ2) is 6.46. The monoisotopic (exact) mass is 420 g/mol. The minimum atomic E-state index is -4.53. The molecule has 2 rings (SSSR count). The lowest BCUT2D eigenvalue weighted by molar-refractivity contribution is -0.140. The van der Waals surface area contributed by atoms with E-state index < -0.39 is 34.7 Å². The van der Waals surface area contributed by atoms with Crippen molar-refractivity contribution in [2.24, 2.45) is 0 Å². The summed E-state index contributed by atoms with van der Waals surface area (Å²) in [5.41, 5.74) is 0. The summed E-state index contributed by atoms with van der Waals surface area (Å²) in [6, 6.07) is 1.85. The fourth-order valence-electron chi connectivity index (χ4n) is 2.15. The number of alkyl halides is 3. The smallest absolute Gasteiger partial charge is 0.346 e. The molecule has 1 unspecified atom stereocenters. The van der Waals surface area contributed by atoms with Crippen LogP contribution in [0.15, 0.2) is 20.1 Å². The molecule has 1 amide bonds. The Kier molecular flexibility index (Phi) is 5.20. The Balaban J connectivity index is 2.15. The molecule has 0 aromatic carbocycles. The van der Waals surface area contributed by atoms with Crippen molar-refractivity contribution in [3.63, 3.8) is 0 Å². The zero-order valence-corrected chi connectivity index (χ0v) is 14.3. The average Bonchev–Trinajstić information content (AvgIpc) is 3.03. The van der Waals surface area contributed by atoms with Crippen LogP contribution < -0.4 is 5.32 Å². The summed E-state index contributed by atoms with van der Waals surface area (Å²) in [6.45, 7) is -1.36. The lowest BCUT2D eigenvalue weighted by Crippen LogP contribution is -2.47. The molecule has 1 N–H and O–H groups in total. The van der Waals surface area contributed by atoms with E-state index in [2.05, 4.69) is 15.9 Å². The third-order valence-corrected chi connectivity index (χ3v) is 7.08. The predicted octanol–water partition coefficient (Wildman–Crippen LogP) is 2.34.